The lowest BCUT2D eigenvalue weighted by Crippen LogP contribution is -2.12. The highest BCUT2D eigenvalue weighted by molar-refractivity contribution is 6.21. The second kappa shape index (κ2) is 5.61. The molecule has 1 aliphatic rings. The van der Waals surface area contributed by atoms with Crippen LogP contribution in [-0.4, -0.2) is 25.2 Å². The van der Waals surface area contributed by atoms with E-state index < -0.39 is 11.7 Å². The van der Waals surface area contributed by atoms with Gasteiger partial charge in [-0.1, -0.05) is 12.2 Å². The molecule has 0 spiro atoms. The van der Waals surface area contributed by atoms with E-state index in [9.17, 15) is 13.2 Å². The molecule has 92 valence electrons. The van der Waals surface area contributed by atoms with Gasteiger partial charge in [0, 0.05) is 30.6 Å². The third-order valence-electron chi connectivity index (χ3n) is 2.22. The topological polar surface area (TPSA) is 24.7 Å². The van der Waals surface area contributed by atoms with E-state index in [1.54, 1.807) is 12.3 Å². The molecule has 1 rings (SSSR count). The Labute approximate surface area is 98.0 Å². The average Bonchev–Trinajstić information content (AvgIpc) is 2.52. The first-order chi connectivity index (χ1) is 7.95. The first-order valence-electron chi connectivity index (χ1n) is 5.06. The molecule has 0 amide bonds. The van der Waals surface area contributed by atoms with Crippen LogP contribution < -0.4 is 0 Å². The highest BCUT2D eigenvalue weighted by Crippen LogP contribution is 2.25. The summed E-state index contributed by atoms with van der Waals surface area (Å²) in [6.45, 7) is 1.03. The van der Waals surface area contributed by atoms with Gasteiger partial charge in [-0.2, -0.15) is 13.2 Å². The average molecular weight is 242 g/mol. The molecule has 0 aliphatic carbocycles. The molecular formula is C12H13F3N2. The molecule has 5 heteroatoms. The molecule has 0 bridgehead atoms. The van der Waals surface area contributed by atoms with E-state index in [1.807, 2.05) is 6.08 Å². The third kappa shape index (κ3) is 4.01. The van der Waals surface area contributed by atoms with Crippen molar-refractivity contribution >= 4 is 11.9 Å². The molecule has 0 aromatic carbocycles. The fourth-order valence-electron chi connectivity index (χ4n) is 1.23. The summed E-state index contributed by atoms with van der Waals surface area (Å²) in [6, 6.07) is 0. The summed E-state index contributed by atoms with van der Waals surface area (Å²) < 4.78 is 37.2. The Morgan fingerprint density at radius 1 is 1.47 bits per heavy atom. The van der Waals surface area contributed by atoms with E-state index >= 15 is 0 Å². The highest BCUT2D eigenvalue weighted by Gasteiger charge is 2.30. The van der Waals surface area contributed by atoms with Crippen LogP contribution in [0.15, 0.2) is 45.6 Å². The molecule has 0 atom stereocenters. The minimum absolute atomic E-state index is 0.285. The van der Waals surface area contributed by atoms with Crippen LogP contribution in [0.2, 0.25) is 0 Å². The number of nitrogens with zero attached hydrogens (tertiary/aromatic N) is 2. The van der Waals surface area contributed by atoms with Gasteiger partial charge in [-0.05, 0) is 19.4 Å². The monoisotopic (exact) mass is 242 g/mol. The number of allylic oxidation sites excluding steroid dienone is 5. The van der Waals surface area contributed by atoms with Gasteiger partial charge in [0.15, 0.2) is 0 Å². The Morgan fingerprint density at radius 3 is 2.76 bits per heavy atom. The molecule has 0 N–H and O–H groups in total. The predicted molar refractivity (Wildman–Crippen MR) is 63.5 cm³/mol. The van der Waals surface area contributed by atoms with Crippen LogP contribution in [-0.2, 0) is 0 Å². The maximum atomic E-state index is 12.4. The van der Waals surface area contributed by atoms with Gasteiger partial charge in [0.1, 0.15) is 0 Å². The quantitative estimate of drug-likeness (QED) is 0.662. The van der Waals surface area contributed by atoms with Crippen LogP contribution in [0.4, 0.5) is 13.2 Å². The Hall–Kier alpha value is -1.65. The molecule has 0 saturated heterocycles. The minimum atomic E-state index is -4.32. The maximum Gasteiger partial charge on any atom is 0.412 e. The van der Waals surface area contributed by atoms with Crippen molar-refractivity contribution in [2.24, 2.45) is 9.98 Å². The number of aliphatic imine (C=N–C) groups is 2. The van der Waals surface area contributed by atoms with Gasteiger partial charge in [0.2, 0.25) is 0 Å². The number of rotatable bonds is 2. The lowest BCUT2D eigenvalue weighted by atomic mass is 10.1. The summed E-state index contributed by atoms with van der Waals surface area (Å²) in [7, 11) is 1.46. The molecule has 0 radical (unpaired) electrons. The van der Waals surface area contributed by atoms with Crippen molar-refractivity contribution in [3.63, 3.8) is 0 Å². The fourth-order valence-corrected chi connectivity index (χ4v) is 1.23. The molecule has 17 heavy (non-hydrogen) atoms. The van der Waals surface area contributed by atoms with Gasteiger partial charge >= 0.3 is 6.18 Å². The van der Waals surface area contributed by atoms with Gasteiger partial charge in [0.05, 0.1) is 5.71 Å². The van der Waals surface area contributed by atoms with Crippen LogP contribution in [0.5, 0.6) is 0 Å². The van der Waals surface area contributed by atoms with Crippen LogP contribution in [0, 0.1) is 0 Å². The third-order valence-corrected chi connectivity index (χ3v) is 2.22. The zero-order valence-corrected chi connectivity index (χ0v) is 9.62. The molecule has 0 aromatic heterocycles. The number of hydrogen-bond donors (Lipinski definition) is 0. The van der Waals surface area contributed by atoms with Crippen molar-refractivity contribution in [3.05, 3.63) is 35.6 Å². The van der Waals surface area contributed by atoms with Gasteiger partial charge in [-0.15, -0.1) is 0 Å². The van der Waals surface area contributed by atoms with Crippen LogP contribution in [0.25, 0.3) is 0 Å². The van der Waals surface area contributed by atoms with E-state index in [2.05, 4.69) is 9.98 Å². The molecule has 0 unspecified atom stereocenters. The van der Waals surface area contributed by atoms with Crippen LogP contribution in [0.3, 0.4) is 0 Å². The van der Waals surface area contributed by atoms with E-state index in [4.69, 9.17) is 0 Å². The summed E-state index contributed by atoms with van der Waals surface area (Å²) in [4.78, 5) is 7.79. The Balaban J connectivity index is 2.99. The van der Waals surface area contributed by atoms with Crippen molar-refractivity contribution in [2.45, 2.75) is 19.5 Å². The molecule has 1 aliphatic heterocycles. The summed E-state index contributed by atoms with van der Waals surface area (Å²) in [6.07, 6.45) is 4.06. The van der Waals surface area contributed by atoms with Crippen molar-refractivity contribution in [1.29, 1.82) is 0 Å². The smallest absolute Gasteiger partial charge is 0.288 e. The van der Waals surface area contributed by atoms with E-state index in [-0.39, 0.29) is 5.71 Å². The Bertz CT molecular complexity index is 424. The fraction of sp³-hybridized carbons (Fsp3) is 0.333. The molecule has 1 heterocycles. The molecular weight excluding hydrogens is 229 g/mol. The maximum absolute atomic E-state index is 12.4. The van der Waals surface area contributed by atoms with Crippen LogP contribution in [0.1, 0.15) is 13.3 Å². The van der Waals surface area contributed by atoms with Gasteiger partial charge < -0.3 is 0 Å². The van der Waals surface area contributed by atoms with Gasteiger partial charge in [-0.25, -0.2) is 0 Å². The van der Waals surface area contributed by atoms with Crippen LogP contribution >= 0.6 is 0 Å². The highest BCUT2D eigenvalue weighted by atomic mass is 19.4. The molecule has 0 aromatic rings. The van der Waals surface area contributed by atoms with Crippen molar-refractivity contribution in [2.75, 3.05) is 7.05 Å². The summed E-state index contributed by atoms with van der Waals surface area (Å²) in [5.74, 6) is 0. The normalized spacial score (nSPS) is 18.1. The molecule has 0 saturated carbocycles. The Morgan fingerprint density at radius 2 is 2.18 bits per heavy atom. The summed E-state index contributed by atoms with van der Waals surface area (Å²) in [5.41, 5.74) is 0.206. The van der Waals surface area contributed by atoms with Gasteiger partial charge in [0.25, 0.3) is 0 Å². The molecule has 0 fully saturated rings. The molecule has 2 nitrogen and oxygen atoms in total. The van der Waals surface area contributed by atoms with Crippen molar-refractivity contribution in [1.82, 2.24) is 0 Å². The first kappa shape index (κ1) is 13.4. The second-order valence-corrected chi connectivity index (χ2v) is 3.49. The zero-order valence-electron chi connectivity index (χ0n) is 9.62. The number of alkyl halides is 3. The summed E-state index contributed by atoms with van der Waals surface area (Å²) in [5, 5.41) is 0. The lowest BCUT2D eigenvalue weighted by molar-refractivity contribution is -0.0912. The van der Waals surface area contributed by atoms with E-state index in [0.717, 1.165) is 13.0 Å². The number of hydrogen-bond acceptors (Lipinski definition) is 2. The first-order valence-corrected chi connectivity index (χ1v) is 5.06. The minimum Gasteiger partial charge on any atom is -0.288 e. The van der Waals surface area contributed by atoms with E-state index in [1.165, 1.54) is 13.3 Å². The van der Waals surface area contributed by atoms with Gasteiger partial charge in [-0.3, -0.25) is 9.98 Å². The largest absolute Gasteiger partial charge is 0.412 e. The summed E-state index contributed by atoms with van der Waals surface area (Å²) >= 11 is 0. The predicted octanol–water partition coefficient (Wildman–Crippen LogP) is 3.48. The zero-order chi connectivity index (χ0) is 12.9. The Kier molecular flexibility index (Phi) is 4.43. The lowest BCUT2D eigenvalue weighted by Gasteiger charge is -2.07. The van der Waals surface area contributed by atoms with Crippen molar-refractivity contribution < 1.29 is 13.2 Å². The SMILES string of the molecule is CN=C(/C=C(\C)C(F)(F)F)C1=CCC=CN=C1. The van der Waals surface area contributed by atoms with Crippen molar-refractivity contribution in [3.8, 4) is 0 Å². The van der Waals surface area contributed by atoms with E-state index in [0.29, 0.717) is 12.0 Å². The second-order valence-electron chi connectivity index (χ2n) is 3.49. The standard InChI is InChI=1S/C12H13F3N2/c1-9(12(13,14)15)7-11(16-2)10-5-3-4-6-17-8-10/h4-8H,3H2,1-2H3/b9-7+,16-11?. The number of halogens is 3.